The molecule has 0 unspecified atom stereocenters. The highest BCUT2D eigenvalue weighted by Gasteiger charge is 2.48. The number of amides is 2. The second kappa shape index (κ2) is 7.31. The van der Waals surface area contributed by atoms with Crippen LogP contribution < -0.4 is 5.48 Å². The number of hydrogen-bond donors (Lipinski definition) is 1. The molecule has 7 nitrogen and oxygen atoms in total. The molecule has 3 aliphatic rings. The first-order chi connectivity index (χ1) is 11.2. The van der Waals surface area contributed by atoms with E-state index in [4.69, 9.17) is 9.68 Å². The molecular formula is C16H25N3O4. The van der Waals surface area contributed by atoms with Gasteiger partial charge in [-0.25, -0.2) is 9.59 Å². The minimum atomic E-state index is -0.521. The van der Waals surface area contributed by atoms with Gasteiger partial charge >= 0.3 is 12.0 Å². The van der Waals surface area contributed by atoms with Gasteiger partial charge in [-0.3, -0.25) is 4.84 Å². The van der Waals surface area contributed by atoms with Crippen molar-refractivity contribution in [2.24, 2.45) is 0 Å². The molecule has 1 N–H and O–H groups in total. The Balaban J connectivity index is 1.53. The zero-order chi connectivity index (χ0) is 16.2. The zero-order valence-corrected chi connectivity index (χ0v) is 13.4. The summed E-state index contributed by atoms with van der Waals surface area (Å²) in [6.45, 7) is 4.38. The third kappa shape index (κ3) is 3.50. The van der Waals surface area contributed by atoms with E-state index < -0.39 is 6.04 Å². The maximum Gasteiger partial charge on any atom is 0.347 e. The molecule has 2 amide bonds. The van der Waals surface area contributed by atoms with Crippen LogP contribution in [0.25, 0.3) is 0 Å². The minimum absolute atomic E-state index is 0.0119. The van der Waals surface area contributed by atoms with Gasteiger partial charge < -0.3 is 9.74 Å². The Morgan fingerprint density at radius 2 is 2.04 bits per heavy atom. The van der Waals surface area contributed by atoms with E-state index in [0.29, 0.717) is 13.0 Å². The molecule has 2 heterocycles. The van der Waals surface area contributed by atoms with E-state index in [0.717, 1.165) is 19.3 Å². The first-order valence-electron chi connectivity index (χ1n) is 8.50. The molecule has 7 heteroatoms. The Labute approximate surface area is 136 Å². The van der Waals surface area contributed by atoms with Crippen LogP contribution in [-0.4, -0.2) is 53.2 Å². The van der Waals surface area contributed by atoms with Crippen molar-refractivity contribution in [3.63, 3.8) is 0 Å². The number of hydroxylamine groups is 3. The lowest BCUT2D eigenvalue weighted by Gasteiger charge is -2.29. The fourth-order valence-corrected chi connectivity index (χ4v) is 3.61. The SMILES string of the molecule is C=CCON1C(=O)N2C[C@H]1CC[C@H]2C(=O)ONC1CCCCC1. The van der Waals surface area contributed by atoms with Crippen LogP contribution in [-0.2, 0) is 14.5 Å². The van der Waals surface area contributed by atoms with E-state index >= 15 is 0 Å². The topological polar surface area (TPSA) is 71.1 Å². The molecule has 3 fully saturated rings. The summed E-state index contributed by atoms with van der Waals surface area (Å²) in [5.41, 5.74) is 2.89. The van der Waals surface area contributed by atoms with E-state index in [1.54, 1.807) is 11.0 Å². The predicted octanol–water partition coefficient (Wildman–Crippen LogP) is 1.75. The number of urea groups is 1. The van der Waals surface area contributed by atoms with Crippen LogP contribution in [0.2, 0.25) is 0 Å². The third-order valence-corrected chi connectivity index (χ3v) is 4.86. The van der Waals surface area contributed by atoms with Crippen LogP contribution in [0.4, 0.5) is 4.79 Å². The standard InChI is InChI=1S/C16H25N3O4/c1-2-10-22-19-13-8-9-14(18(11-13)16(19)21)15(20)23-17-12-6-4-3-5-7-12/h2,12-14,17H,1,3-11H2/t13-,14+/m1/s1. The molecule has 23 heavy (non-hydrogen) atoms. The molecule has 0 spiro atoms. The Bertz CT molecular complexity index is 464. The molecule has 1 aliphatic carbocycles. The summed E-state index contributed by atoms with van der Waals surface area (Å²) in [5.74, 6) is -0.368. The van der Waals surface area contributed by atoms with Gasteiger partial charge in [0.15, 0.2) is 0 Å². The molecule has 2 atom stereocenters. The van der Waals surface area contributed by atoms with E-state index in [1.807, 2.05) is 0 Å². The van der Waals surface area contributed by atoms with Crippen molar-refractivity contribution in [1.82, 2.24) is 15.4 Å². The number of hydrogen-bond acceptors (Lipinski definition) is 5. The van der Waals surface area contributed by atoms with Gasteiger partial charge in [0, 0.05) is 12.6 Å². The van der Waals surface area contributed by atoms with Crippen molar-refractivity contribution in [3.05, 3.63) is 12.7 Å². The van der Waals surface area contributed by atoms with E-state index in [1.165, 1.54) is 24.3 Å². The number of carbonyl (C=O) groups excluding carboxylic acids is 2. The minimum Gasteiger partial charge on any atom is -0.369 e. The molecular weight excluding hydrogens is 298 g/mol. The molecule has 128 valence electrons. The molecule has 1 saturated carbocycles. The lowest BCUT2D eigenvalue weighted by Crippen LogP contribution is -2.48. The fraction of sp³-hybridized carbons (Fsp3) is 0.750. The Morgan fingerprint density at radius 1 is 1.26 bits per heavy atom. The van der Waals surface area contributed by atoms with E-state index in [9.17, 15) is 9.59 Å². The van der Waals surface area contributed by atoms with Crippen LogP contribution in [0.5, 0.6) is 0 Å². The largest absolute Gasteiger partial charge is 0.369 e. The van der Waals surface area contributed by atoms with Crippen LogP contribution in [0, 0.1) is 0 Å². The summed E-state index contributed by atoms with van der Waals surface area (Å²) in [4.78, 5) is 37.0. The summed E-state index contributed by atoms with van der Waals surface area (Å²) in [5, 5.41) is 1.38. The van der Waals surface area contributed by atoms with Crippen molar-refractivity contribution >= 4 is 12.0 Å². The molecule has 2 saturated heterocycles. The van der Waals surface area contributed by atoms with Crippen molar-refractivity contribution in [3.8, 4) is 0 Å². The molecule has 0 aromatic rings. The summed E-state index contributed by atoms with van der Waals surface area (Å²) < 4.78 is 0. The van der Waals surface area contributed by atoms with Crippen LogP contribution in [0.15, 0.2) is 12.7 Å². The second-order valence-corrected chi connectivity index (χ2v) is 6.47. The number of carbonyl (C=O) groups is 2. The summed E-state index contributed by atoms with van der Waals surface area (Å²) >= 11 is 0. The molecule has 0 aromatic carbocycles. The highest BCUT2D eigenvalue weighted by Crippen LogP contribution is 2.30. The fourth-order valence-electron chi connectivity index (χ4n) is 3.61. The van der Waals surface area contributed by atoms with Crippen LogP contribution in [0.1, 0.15) is 44.9 Å². The number of rotatable bonds is 6. The number of fused-ring (bicyclic) bond motifs is 2. The van der Waals surface area contributed by atoms with Crippen molar-refractivity contribution in [2.75, 3.05) is 13.2 Å². The normalized spacial score (nSPS) is 28.1. The zero-order valence-electron chi connectivity index (χ0n) is 13.4. The number of nitrogens with one attached hydrogen (secondary N) is 1. The summed E-state index contributed by atoms with van der Waals surface area (Å²) in [6, 6.07) is -0.523. The number of nitrogens with zero attached hydrogens (tertiary/aromatic N) is 2. The van der Waals surface area contributed by atoms with Gasteiger partial charge in [-0.05, 0) is 25.7 Å². The van der Waals surface area contributed by atoms with Crippen LogP contribution >= 0.6 is 0 Å². The first-order valence-corrected chi connectivity index (χ1v) is 8.50. The quantitative estimate of drug-likeness (QED) is 0.596. The second-order valence-electron chi connectivity index (χ2n) is 6.47. The van der Waals surface area contributed by atoms with Gasteiger partial charge in [0.05, 0.1) is 12.6 Å². The average molecular weight is 323 g/mol. The van der Waals surface area contributed by atoms with E-state index in [2.05, 4.69) is 12.1 Å². The van der Waals surface area contributed by atoms with Gasteiger partial charge in [-0.15, -0.1) is 12.1 Å². The van der Waals surface area contributed by atoms with Gasteiger partial charge in [0.25, 0.3) is 0 Å². The van der Waals surface area contributed by atoms with Gasteiger partial charge in [0.1, 0.15) is 6.04 Å². The molecule has 0 aromatic heterocycles. The Hall–Kier alpha value is -1.60. The first kappa shape index (κ1) is 16.3. The lowest BCUT2D eigenvalue weighted by atomic mass is 9.96. The van der Waals surface area contributed by atoms with Gasteiger partial charge in [0.2, 0.25) is 0 Å². The molecule has 0 radical (unpaired) electrons. The highest BCUT2D eigenvalue weighted by atomic mass is 16.7. The van der Waals surface area contributed by atoms with Crippen molar-refractivity contribution in [1.29, 1.82) is 0 Å². The van der Waals surface area contributed by atoms with Gasteiger partial charge in [-0.1, -0.05) is 25.3 Å². The van der Waals surface area contributed by atoms with Crippen molar-refractivity contribution < 1.29 is 19.3 Å². The maximum atomic E-state index is 12.4. The van der Waals surface area contributed by atoms with Gasteiger partial charge in [-0.2, -0.15) is 5.06 Å². The monoisotopic (exact) mass is 323 g/mol. The molecule has 2 bridgehead atoms. The molecule has 2 aliphatic heterocycles. The Kier molecular flexibility index (Phi) is 5.17. The number of piperidine rings is 1. The van der Waals surface area contributed by atoms with Crippen LogP contribution in [0.3, 0.4) is 0 Å². The predicted molar refractivity (Wildman–Crippen MR) is 83.0 cm³/mol. The molecule has 3 rings (SSSR count). The average Bonchev–Trinajstić information content (AvgIpc) is 2.83. The summed E-state index contributed by atoms with van der Waals surface area (Å²) in [6.07, 6.45) is 8.60. The maximum absolute atomic E-state index is 12.4. The summed E-state index contributed by atoms with van der Waals surface area (Å²) in [7, 11) is 0. The third-order valence-electron chi connectivity index (χ3n) is 4.86. The smallest absolute Gasteiger partial charge is 0.347 e. The lowest BCUT2D eigenvalue weighted by molar-refractivity contribution is -0.159. The Morgan fingerprint density at radius 3 is 2.78 bits per heavy atom. The van der Waals surface area contributed by atoms with Crippen molar-refractivity contribution in [2.45, 2.75) is 63.1 Å². The highest BCUT2D eigenvalue weighted by molar-refractivity contribution is 5.85. The van der Waals surface area contributed by atoms with E-state index in [-0.39, 0.29) is 30.7 Å².